The summed E-state index contributed by atoms with van der Waals surface area (Å²) in [5, 5.41) is 12.4. The molecule has 3 aromatic rings. The Morgan fingerprint density at radius 3 is 2.67 bits per heavy atom. The van der Waals surface area contributed by atoms with E-state index in [2.05, 4.69) is 15.5 Å². The lowest BCUT2D eigenvalue weighted by Gasteiger charge is -2.24. The molecule has 174 valence electrons. The predicted molar refractivity (Wildman–Crippen MR) is 129 cm³/mol. The van der Waals surface area contributed by atoms with E-state index in [1.807, 2.05) is 22.8 Å². The van der Waals surface area contributed by atoms with Gasteiger partial charge in [-0.3, -0.25) is 9.47 Å². The molecule has 2 aromatic carbocycles. The number of fused-ring (bicyclic) bond motifs is 1. The minimum Gasteiger partial charge on any atom is -0.497 e. The number of anilines is 2. The van der Waals surface area contributed by atoms with Gasteiger partial charge in [-0.15, -0.1) is 10.2 Å². The Kier molecular flexibility index (Phi) is 7.25. The van der Waals surface area contributed by atoms with Crippen LogP contribution in [0.3, 0.4) is 0 Å². The normalized spacial score (nSPS) is 13.1. The molecule has 0 spiro atoms. The van der Waals surface area contributed by atoms with E-state index in [1.165, 1.54) is 0 Å². The van der Waals surface area contributed by atoms with Gasteiger partial charge in [-0.2, -0.15) is 0 Å². The molecule has 1 aliphatic heterocycles. The van der Waals surface area contributed by atoms with Gasteiger partial charge >= 0.3 is 6.03 Å². The van der Waals surface area contributed by atoms with Crippen LogP contribution < -0.4 is 19.7 Å². The number of methoxy groups -OCH3 is 2. The second-order valence-electron chi connectivity index (χ2n) is 7.70. The van der Waals surface area contributed by atoms with Crippen molar-refractivity contribution in [2.45, 2.75) is 38.8 Å². The fourth-order valence-electron chi connectivity index (χ4n) is 3.84. The van der Waals surface area contributed by atoms with Gasteiger partial charge in [0.05, 0.1) is 30.8 Å². The standard InChI is InChI=1S/C23H25Cl2N5O3/c1-32-17-8-10-20(33-2)15(12-17)14-30(22-28-27-21-6-4-3-5-11-29(21)22)23(31)26-16-7-9-18(24)19(25)13-16/h7-10,12-13H,3-6,11,14H2,1-2H3,(H,26,31). The minimum atomic E-state index is -0.377. The number of carbonyl (C=O) groups excluding carboxylic acids is 1. The first-order chi connectivity index (χ1) is 16.0. The predicted octanol–water partition coefficient (Wildman–Crippen LogP) is 5.57. The summed E-state index contributed by atoms with van der Waals surface area (Å²) in [5.74, 6) is 2.66. The van der Waals surface area contributed by atoms with Crippen molar-refractivity contribution >= 4 is 40.9 Å². The van der Waals surface area contributed by atoms with E-state index in [0.29, 0.717) is 33.2 Å². The summed E-state index contributed by atoms with van der Waals surface area (Å²) in [6.07, 6.45) is 4.00. The van der Waals surface area contributed by atoms with Crippen molar-refractivity contribution in [2.75, 3.05) is 24.4 Å². The molecule has 0 unspecified atom stereocenters. The molecule has 0 saturated carbocycles. The Hall–Kier alpha value is -2.97. The molecule has 1 N–H and O–H groups in total. The number of urea groups is 1. The highest BCUT2D eigenvalue weighted by Crippen LogP contribution is 2.30. The minimum absolute atomic E-state index is 0.200. The van der Waals surface area contributed by atoms with E-state index in [9.17, 15) is 4.79 Å². The van der Waals surface area contributed by atoms with E-state index in [1.54, 1.807) is 37.3 Å². The third kappa shape index (κ3) is 5.17. The summed E-state index contributed by atoms with van der Waals surface area (Å²) in [6.45, 7) is 0.953. The SMILES string of the molecule is COc1ccc(OC)c(CN(C(=O)Nc2ccc(Cl)c(Cl)c2)c2nnc3n2CCCCC3)c1. The van der Waals surface area contributed by atoms with Crippen LogP contribution >= 0.6 is 23.2 Å². The Balaban J connectivity index is 1.72. The lowest BCUT2D eigenvalue weighted by molar-refractivity contribution is 0.256. The summed E-state index contributed by atoms with van der Waals surface area (Å²) < 4.78 is 12.9. The van der Waals surface area contributed by atoms with Crippen molar-refractivity contribution in [1.29, 1.82) is 0 Å². The first kappa shape index (κ1) is 23.2. The van der Waals surface area contributed by atoms with Crippen LogP contribution in [0.4, 0.5) is 16.4 Å². The Bertz CT molecular complexity index is 1150. The highest BCUT2D eigenvalue weighted by atomic mass is 35.5. The van der Waals surface area contributed by atoms with Crippen LogP contribution in [0.5, 0.6) is 11.5 Å². The number of ether oxygens (including phenoxy) is 2. The number of rotatable bonds is 6. The van der Waals surface area contributed by atoms with Crippen molar-refractivity contribution in [3.63, 3.8) is 0 Å². The third-order valence-corrected chi connectivity index (χ3v) is 6.30. The van der Waals surface area contributed by atoms with E-state index < -0.39 is 0 Å². The van der Waals surface area contributed by atoms with Gasteiger partial charge < -0.3 is 14.8 Å². The van der Waals surface area contributed by atoms with Crippen LogP contribution in [0.1, 0.15) is 30.7 Å². The first-order valence-electron chi connectivity index (χ1n) is 10.7. The highest BCUT2D eigenvalue weighted by Gasteiger charge is 2.26. The Morgan fingerprint density at radius 2 is 1.91 bits per heavy atom. The van der Waals surface area contributed by atoms with Crippen molar-refractivity contribution in [2.24, 2.45) is 0 Å². The zero-order valence-corrected chi connectivity index (χ0v) is 20.0. The monoisotopic (exact) mass is 489 g/mol. The molecule has 33 heavy (non-hydrogen) atoms. The fourth-order valence-corrected chi connectivity index (χ4v) is 4.14. The molecule has 0 atom stereocenters. The van der Waals surface area contributed by atoms with Crippen LogP contribution in [0, 0.1) is 0 Å². The maximum Gasteiger partial charge on any atom is 0.329 e. The molecule has 1 aromatic heterocycles. The number of nitrogens with one attached hydrogen (secondary N) is 1. The van der Waals surface area contributed by atoms with E-state index in [4.69, 9.17) is 32.7 Å². The number of benzene rings is 2. The van der Waals surface area contributed by atoms with Crippen molar-refractivity contribution < 1.29 is 14.3 Å². The van der Waals surface area contributed by atoms with Gasteiger partial charge in [0.15, 0.2) is 0 Å². The molecular weight excluding hydrogens is 465 g/mol. The maximum atomic E-state index is 13.5. The summed E-state index contributed by atoms with van der Waals surface area (Å²) in [6, 6.07) is 10.0. The van der Waals surface area contributed by atoms with E-state index in [-0.39, 0.29) is 12.6 Å². The summed E-state index contributed by atoms with van der Waals surface area (Å²) >= 11 is 12.2. The van der Waals surface area contributed by atoms with Gasteiger partial charge in [-0.1, -0.05) is 29.6 Å². The average Bonchev–Trinajstić information content (AvgIpc) is 3.06. The molecule has 2 heterocycles. The van der Waals surface area contributed by atoms with Gasteiger partial charge in [0, 0.05) is 24.2 Å². The van der Waals surface area contributed by atoms with Crippen LogP contribution in [-0.4, -0.2) is 35.0 Å². The molecule has 4 rings (SSSR count). The Morgan fingerprint density at radius 1 is 1.06 bits per heavy atom. The highest BCUT2D eigenvalue weighted by molar-refractivity contribution is 6.42. The maximum absolute atomic E-state index is 13.5. The lowest BCUT2D eigenvalue weighted by atomic mass is 10.1. The molecule has 0 aliphatic carbocycles. The average molecular weight is 490 g/mol. The molecule has 10 heteroatoms. The van der Waals surface area contributed by atoms with E-state index in [0.717, 1.165) is 43.6 Å². The number of carbonyl (C=O) groups is 1. The summed E-state index contributed by atoms with van der Waals surface area (Å²) in [5.41, 5.74) is 1.29. The van der Waals surface area contributed by atoms with Gasteiger partial charge in [-0.25, -0.2) is 4.79 Å². The van der Waals surface area contributed by atoms with Crippen LogP contribution in [0.15, 0.2) is 36.4 Å². The molecule has 0 radical (unpaired) electrons. The van der Waals surface area contributed by atoms with Gasteiger partial charge in [-0.05, 0) is 49.2 Å². The van der Waals surface area contributed by atoms with Gasteiger partial charge in [0.1, 0.15) is 17.3 Å². The first-order valence-corrected chi connectivity index (χ1v) is 11.4. The second kappa shape index (κ2) is 10.3. The topological polar surface area (TPSA) is 81.5 Å². The van der Waals surface area contributed by atoms with Crippen molar-refractivity contribution in [3.05, 3.63) is 57.8 Å². The Labute approximate surface area is 202 Å². The van der Waals surface area contributed by atoms with Crippen molar-refractivity contribution in [1.82, 2.24) is 14.8 Å². The number of nitrogens with zero attached hydrogens (tertiary/aromatic N) is 4. The fraction of sp³-hybridized carbons (Fsp3) is 0.348. The van der Waals surface area contributed by atoms with Crippen molar-refractivity contribution in [3.8, 4) is 11.5 Å². The molecule has 0 saturated heterocycles. The zero-order chi connectivity index (χ0) is 23.4. The molecule has 1 aliphatic rings. The number of aromatic nitrogens is 3. The molecular formula is C23H25Cl2N5O3. The quantitative estimate of drug-likeness (QED) is 0.489. The third-order valence-electron chi connectivity index (χ3n) is 5.56. The second-order valence-corrected chi connectivity index (χ2v) is 8.52. The molecule has 0 bridgehead atoms. The van der Waals surface area contributed by atoms with Crippen LogP contribution in [0.25, 0.3) is 0 Å². The lowest BCUT2D eigenvalue weighted by Crippen LogP contribution is -2.36. The molecule has 8 nitrogen and oxygen atoms in total. The smallest absolute Gasteiger partial charge is 0.329 e. The summed E-state index contributed by atoms with van der Waals surface area (Å²) in [7, 11) is 3.19. The zero-order valence-electron chi connectivity index (χ0n) is 18.5. The number of amides is 2. The number of aryl methyl sites for hydroxylation is 1. The van der Waals surface area contributed by atoms with E-state index >= 15 is 0 Å². The number of halogens is 2. The van der Waals surface area contributed by atoms with Gasteiger partial charge in [0.2, 0.25) is 5.95 Å². The van der Waals surface area contributed by atoms with Crippen LogP contribution in [-0.2, 0) is 19.5 Å². The number of hydrogen-bond acceptors (Lipinski definition) is 5. The largest absolute Gasteiger partial charge is 0.497 e. The summed E-state index contributed by atoms with van der Waals surface area (Å²) in [4.78, 5) is 15.1. The van der Waals surface area contributed by atoms with Crippen LogP contribution in [0.2, 0.25) is 10.0 Å². The molecule has 2 amide bonds. The number of hydrogen-bond donors (Lipinski definition) is 1. The van der Waals surface area contributed by atoms with Gasteiger partial charge in [0.25, 0.3) is 0 Å². The molecule has 0 fully saturated rings.